The van der Waals surface area contributed by atoms with Crippen molar-refractivity contribution in [1.82, 2.24) is 0 Å². The van der Waals surface area contributed by atoms with E-state index in [0.29, 0.717) is 5.25 Å². The van der Waals surface area contributed by atoms with Crippen LogP contribution >= 0.6 is 12.6 Å². The molecular formula is C3H7SSe. The van der Waals surface area contributed by atoms with Crippen molar-refractivity contribution < 1.29 is 0 Å². The summed E-state index contributed by atoms with van der Waals surface area (Å²) < 4.78 is 0. The van der Waals surface area contributed by atoms with E-state index in [4.69, 9.17) is 0 Å². The van der Waals surface area contributed by atoms with Gasteiger partial charge in [-0.25, -0.2) is 0 Å². The van der Waals surface area contributed by atoms with Crippen LogP contribution < -0.4 is 0 Å². The first-order chi connectivity index (χ1) is 2.27. The zero-order chi connectivity index (χ0) is 4.28. The van der Waals surface area contributed by atoms with Crippen molar-refractivity contribution in [3.63, 3.8) is 0 Å². The SMILES string of the molecule is CC(S)C[Se]. The van der Waals surface area contributed by atoms with Crippen LogP contribution in [0.1, 0.15) is 6.92 Å². The number of hydrogen-bond donors (Lipinski definition) is 1. The Labute approximate surface area is 46.6 Å². The van der Waals surface area contributed by atoms with Crippen LogP contribution in [0.5, 0.6) is 0 Å². The van der Waals surface area contributed by atoms with Crippen molar-refractivity contribution in [2.45, 2.75) is 17.5 Å². The fraction of sp³-hybridized carbons (Fsp3) is 1.00. The first-order valence-corrected chi connectivity index (χ1v) is 3.26. The second kappa shape index (κ2) is 3.07. The molecule has 1 atom stereocenters. The molecule has 1 radical (unpaired) electrons. The van der Waals surface area contributed by atoms with E-state index in [2.05, 4.69) is 35.6 Å². The molecule has 0 aromatic carbocycles. The summed E-state index contributed by atoms with van der Waals surface area (Å²) >= 11 is 6.93. The Bertz CT molecular complexity index is 20.9. The third-order valence-corrected chi connectivity index (χ3v) is 2.03. The maximum absolute atomic E-state index is 4.07. The Morgan fingerprint density at radius 1 is 2.00 bits per heavy atom. The van der Waals surface area contributed by atoms with E-state index in [1.165, 1.54) is 0 Å². The van der Waals surface area contributed by atoms with Gasteiger partial charge in [-0.2, -0.15) is 0 Å². The Morgan fingerprint density at radius 2 is 2.20 bits per heavy atom. The summed E-state index contributed by atoms with van der Waals surface area (Å²) in [6.07, 6.45) is 0. The second-order valence-corrected chi connectivity index (χ2v) is 2.60. The van der Waals surface area contributed by atoms with Gasteiger partial charge in [0.25, 0.3) is 0 Å². The van der Waals surface area contributed by atoms with E-state index in [9.17, 15) is 0 Å². The Morgan fingerprint density at radius 3 is 2.20 bits per heavy atom. The van der Waals surface area contributed by atoms with Crippen LogP contribution in [0.25, 0.3) is 0 Å². The molecule has 2 heteroatoms. The van der Waals surface area contributed by atoms with E-state index in [1.54, 1.807) is 0 Å². The van der Waals surface area contributed by atoms with Crippen LogP contribution in [0.4, 0.5) is 0 Å². The van der Waals surface area contributed by atoms with E-state index < -0.39 is 0 Å². The molecule has 0 spiro atoms. The second-order valence-electron chi connectivity index (χ2n) is 1.02. The molecule has 0 saturated heterocycles. The van der Waals surface area contributed by atoms with Gasteiger partial charge in [-0.05, 0) is 0 Å². The topological polar surface area (TPSA) is 0 Å². The van der Waals surface area contributed by atoms with Crippen LogP contribution in [0.2, 0.25) is 5.32 Å². The molecule has 0 N–H and O–H groups in total. The van der Waals surface area contributed by atoms with Crippen molar-refractivity contribution in [3.8, 4) is 0 Å². The van der Waals surface area contributed by atoms with E-state index in [-0.39, 0.29) is 0 Å². The molecule has 5 heavy (non-hydrogen) atoms. The van der Waals surface area contributed by atoms with Gasteiger partial charge in [0.15, 0.2) is 0 Å². The minimum absolute atomic E-state index is 0.523. The molecule has 31 valence electrons. The quantitative estimate of drug-likeness (QED) is 0.421. The van der Waals surface area contributed by atoms with Gasteiger partial charge in [-0.1, -0.05) is 0 Å². The summed E-state index contributed by atoms with van der Waals surface area (Å²) in [6.45, 7) is 2.06. The summed E-state index contributed by atoms with van der Waals surface area (Å²) in [7, 11) is 0. The monoisotopic (exact) mass is 155 g/mol. The average Bonchev–Trinajstić information content (AvgIpc) is 1.38. The molecule has 0 nitrogen and oxygen atoms in total. The van der Waals surface area contributed by atoms with Crippen molar-refractivity contribution >= 4 is 28.6 Å². The van der Waals surface area contributed by atoms with Gasteiger partial charge in [-0.15, -0.1) is 0 Å². The van der Waals surface area contributed by atoms with E-state index in [0.717, 1.165) is 5.32 Å². The van der Waals surface area contributed by atoms with Crippen molar-refractivity contribution in [2.75, 3.05) is 0 Å². The summed E-state index contributed by atoms with van der Waals surface area (Å²) in [6, 6.07) is 0. The molecule has 0 aromatic rings. The zero-order valence-corrected chi connectivity index (χ0v) is 5.75. The summed E-state index contributed by atoms with van der Waals surface area (Å²) in [5.74, 6) is 0. The fourth-order valence-electron chi connectivity index (χ4n) is 0. The van der Waals surface area contributed by atoms with Crippen LogP contribution in [-0.4, -0.2) is 21.3 Å². The summed E-state index contributed by atoms with van der Waals surface area (Å²) in [5.41, 5.74) is 0. The summed E-state index contributed by atoms with van der Waals surface area (Å²) in [5, 5.41) is 1.57. The molecule has 1 unspecified atom stereocenters. The molecule has 0 fully saturated rings. The van der Waals surface area contributed by atoms with Gasteiger partial charge >= 0.3 is 46.1 Å². The van der Waals surface area contributed by atoms with Gasteiger partial charge in [0.1, 0.15) is 0 Å². The first-order valence-electron chi connectivity index (χ1n) is 1.53. The van der Waals surface area contributed by atoms with Gasteiger partial charge < -0.3 is 0 Å². The van der Waals surface area contributed by atoms with Crippen LogP contribution in [0, 0.1) is 0 Å². The average molecular weight is 154 g/mol. The van der Waals surface area contributed by atoms with Crippen molar-refractivity contribution in [1.29, 1.82) is 0 Å². The van der Waals surface area contributed by atoms with Gasteiger partial charge in [0.05, 0.1) is 0 Å². The number of rotatable bonds is 1. The Kier molecular flexibility index (Phi) is 3.61. The zero-order valence-electron chi connectivity index (χ0n) is 3.14. The van der Waals surface area contributed by atoms with Gasteiger partial charge in [0.2, 0.25) is 0 Å². The van der Waals surface area contributed by atoms with Crippen LogP contribution in [0.3, 0.4) is 0 Å². The van der Waals surface area contributed by atoms with Gasteiger partial charge in [0, 0.05) is 0 Å². The minimum atomic E-state index is 0.523. The Hall–Kier alpha value is 0.869. The van der Waals surface area contributed by atoms with Crippen molar-refractivity contribution in [3.05, 3.63) is 0 Å². The third-order valence-electron chi connectivity index (χ3n) is 0.241. The van der Waals surface area contributed by atoms with Gasteiger partial charge in [-0.3, -0.25) is 0 Å². The molecule has 0 saturated carbocycles. The summed E-state index contributed by atoms with van der Waals surface area (Å²) in [4.78, 5) is 0. The van der Waals surface area contributed by atoms with Crippen LogP contribution in [-0.2, 0) is 0 Å². The number of hydrogen-bond acceptors (Lipinski definition) is 1. The molecular weight excluding hydrogens is 147 g/mol. The molecule has 0 bridgehead atoms. The van der Waals surface area contributed by atoms with Crippen molar-refractivity contribution in [2.24, 2.45) is 0 Å². The molecule has 0 heterocycles. The van der Waals surface area contributed by atoms with E-state index >= 15 is 0 Å². The number of thiol groups is 1. The molecule has 0 aliphatic rings. The predicted octanol–water partition coefficient (Wildman–Crippen LogP) is 0.891. The third kappa shape index (κ3) is 4.87. The maximum atomic E-state index is 4.07. The molecule has 0 aromatic heterocycles. The normalized spacial score (nSPS) is 15.0. The predicted molar refractivity (Wildman–Crippen MR) is 29.0 cm³/mol. The molecule has 0 rings (SSSR count). The van der Waals surface area contributed by atoms with Crippen LogP contribution in [0.15, 0.2) is 0 Å². The molecule has 0 aliphatic carbocycles. The fourth-order valence-corrected chi connectivity index (χ4v) is 0. The molecule has 0 aliphatic heterocycles. The Balaban J connectivity index is 2.54. The van der Waals surface area contributed by atoms with E-state index in [1.807, 2.05) is 0 Å². The standard InChI is InChI=1S/C3H7SSe/c1-3(4)2-5/h3-4H,2H2,1H3. The molecule has 0 amide bonds. The first kappa shape index (κ1) is 5.87.